The Hall–Kier alpha value is -4.86. The fourth-order valence-corrected chi connectivity index (χ4v) is 3.92. The quantitative estimate of drug-likeness (QED) is 0.0496. The number of carbonyl (C=O) groups excluding carboxylic acids is 6. The topological polar surface area (TPSA) is 139 Å². The number of hydrogen-bond donors (Lipinski definition) is 0. The first kappa shape index (κ1) is 37.3. The molecule has 0 saturated carbocycles. The maximum atomic E-state index is 12.4. The molecule has 0 spiro atoms. The molecule has 2 rings (SSSR count). The predicted molar refractivity (Wildman–Crippen MR) is 171 cm³/mol. The molecule has 46 heavy (non-hydrogen) atoms. The molecule has 0 saturated heterocycles. The number of Topliss-reactive ketones (excluding diaryl/α,β-unsaturated/α-hetero) is 2. The van der Waals surface area contributed by atoms with Gasteiger partial charge in [0.15, 0.2) is 11.6 Å². The van der Waals surface area contributed by atoms with Crippen LogP contribution in [-0.4, -0.2) is 61.9 Å². The highest BCUT2D eigenvalue weighted by atomic mass is 16.5. The molecule has 0 aliphatic carbocycles. The van der Waals surface area contributed by atoms with Crippen LogP contribution in [0.3, 0.4) is 0 Å². The van der Waals surface area contributed by atoms with Gasteiger partial charge in [0.1, 0.15) is 0 Å². The van der Waals surface area contributed by atoms with Gasteiger partial charge in [-0.15, -0.1) is 0 Å². The summed E-state index contributed by atoms with van der Waals surface area (Å²) >= 11 is 0. The number of unbranched alkanes of at least 4 members (excludes halogenated alkanes) is 3. The van der Waals surface area contributed by atoms with Crippen LogP contribution in [0.5, 0.6) is 0 Å². The van der Waals surface area contributed by atoms with Crippen LogP contribution in [0.2, 0.25) is 0 Å². The molecule has 0 atom stereocenters. The molecule has 0 amide bonds. The monoisotopic (exact) mass is 634 g/mol. The lowest BCUT2D eigenvalue weighted by atomic mass is 10.0. The van der Waals surface area contributed by atoms with Gasteiger partial charge in [-0.25, -0.2) is 19.2 Å². The first-order valence-corrected chi connectivity index (χ1v) is 15.3. The van der Waals surface area contributed by atoms with Gasteiger partial charge in [-0.2, -0.15) is 0 Å². The van der Waals surface area contributed by atoms with Crippen molar-refractivity contribution in [3.63, 3.8) is 0 Å². The van der Waals surface area contributed by atoms with Crippen LogP contribution in [0.1, 0.15) is 107 Å². The molecule has 10 heteroatoms. The molecule has 2 aromatic carbocycles. The van der Waals surface area contributed by atoms with Crippen molar-refractivity contribution in [3.05, 3.63) is 95.1 Å². The number of esters is 4. The number of ketones is 2. The van der Waals surface area contributed by atoms with Gasteiger partial charge < -0.3 is 18.9 Å². The Balaban J connectivity index is 1.60. The molecule has 0 aliphatic heterocycles. The maximum absolute atomic E-state index is 12.4. The third kappa shape index (κ3) is 13.8. The molecule has 0 aromatic heterocycles. The second kappa shape index (κ2) is 20.2. The molecular weight excluding hydrogens is 592 g/mol. The van der Waals surface area contributed by atoms with Crippen molar-refractivity contribution in [1.82, 2.24) is 0 Å². The van der Waals surface area contributed by atoms with E-state index in [9.17, 15) is 28.8 Å². The van der Waals surface area contributed by atoms with Gasteiger partial charge in [0.25, 0.3) is 0 Å². The summed E-state index contributed by atoms with van der Waals surface area (Å²) < 4.78 is 20.6. The Kier molecular flexibility index (Phi) is 16.4. The van der Waals surface area contributed by atoms with E-state index in [0.717, 1.165) is 0 Å². The first-order valence-electron chi connectivity index (χ1n) is 15.3. The van der Waals surface area contributed by atoms with Gasteiger partial charge in [0, 0.05) is 35.1 Å². The van der Waals surface area contributed by atoms with Gasteiger partial charge in [-0.05, 0) is 76.6 Å². The van der Waals surface area contributed by atoms with Crippen LogP contribution >= 0.6 is 0 Å². The Morgan fingerprint density at radius 2 is 0.739 bits per heavy atom. The second-order valence-electron chi connectivity index (χ2n) is 10.7. The molecular formula is C36H42O10. The van der Waals surface area contributed by atoms with Crippen molar-refractivity contribution in [2.24, 2.45) is 0 Å². The van der Waals surface area contributed by atoms with E-state index in [1.165, 1.54) is 24.3 Å². The van der Waals surface area contributed by atoms with Crippen LogP contribution in [0, 0.1) is 0 Å². The molecule has 0 aliphatic rings. The fraction of sp³-hybridized carbons (Fsp3) is 0.389. The van der Waals surface area contributed by atoms with E-state index in [-0.39, 0.29) is 38.0 Å². The highest BCUT2D eigenvalue weighted by Crippen LogP contribution is 2.13. The van der Waals surface area contributed by atoms with Crippen molar-refractivity contribution in [1.29, 1.82) is 0 Å². The van der Waals surface area contributed by atoms with Crippen LogP contribution in [-0.2, 0) is 28.5 Å². The largest absolute Gasteiger partial charge is 0.462 e. The minimum atomic E-state index is -0.517. The molecule has 0 N–H and O–H groups in total. The summed E-state index contributed by atoms with van der Waals surface area (Å²) in [6.45, 7) is 10.9. The summed E-state index contributed by atoms with van der Waals surface area (Å²) in [6.07, 6.45) is 3.80. The fourth-order valence-electron chi connectivity index (χ4n) is 3.92. The van der Waals surface area contributed by atoms with Gasteiger partial charge in [-0.1, -0.05) is 37.4 Å². The number of benzene rings is 2. The zero-order valence-electron chi connectivity index (χ0n) is 26.6. The summed E-state index contributed by atoms with van der Waals surface area (Å²) in [5.41, 5.74) is 2.26. The van der Waals surface area contributed by atoms with Crippen molar-refractivity contribution >= 4 is 35.4 Å². The third-order valence-electron chi connectivity index (χ3n) is 6.65. The summed E-state index contributed by atoms with van der Waals surface area (Å²) in [6, 6.07) is 12.5. The van der Waals surface area contributed by atoms with E-state index >= 15 is 0 Å². The second-order valence-corrected chi connectivity index (χ2v) is 10.7. The Morgan fingerprint density at radius 1 is 0.457 bits per heavy atom. The average Bonchev–Trinajstić information content (AvgIpc) is 3.05. The highest BCUT2D eigenvalue weighted by Gasteiger charge is 2.13. The minimum absolute atomic E-state index is 0.0717. The molecule has 2 aromatic rings. The highest BCUT2D eigenvalue weighted by molar-refractivity contribution is 5.98. The normalized spacial score (nSPS) is 10.4. The van der Waals surface area contributed by atoms with Crippen molar-refractivity contribution in [2.45, 2.75) is 65.2 Å². The SMILES string of the molecule is C=C(C)C(=O)OCCCCC(=O)c1ccc(C(=O)OCCCCOC(=O)c2ccc(C(=O)CCCCOC(=O)C(=C)C)cc2)cc1. The third-order valence-corrected chi connectivity index (χ3v) is 6.65. The van der Waals surface area contributed by atoms with Crippen molar-refractivity contribution < 1.29 is 47.7 Å². The Bertz CT molecular complexity index is 1280. The van der Waals surface area contributed by atoms with Crippen LogP contribution < -0.4 is 0 Å². The van der Waals surface area contributed by atoms with Gasteiger partial charge in [0.2, 0.25) is 0 Å². The minimum Gasteiger partial charge on any atom is -0.462 e. The molecule has 0 bridgehead atoms. The molecule has 246 valence electrons. The number of hydrogen-bond acceptors (Lipinski definition) is 10. The number of carbonyl (C=O) groups is 6. The number of rotatable bonds is 21. The Labute approximate surface area is 269 Å². The smallest absolute Gasteiger partial charge is 0.338 e. The molecule has 10 nitrogen and oxygen atoms in total. The van der Waals surface area contributed by atoms with E-state index in [2.05, 4.69) is 13.2 Å². The van der Waals surface area contributed by atoms with Crippen LogP contribution in [0.4, 0.5) is 0 Å². The van der Waals surface area contributed by atoms with Crippen molar-refractivity contribution in [2.75, 3.05) is 26.4 Å². The standard InChI is InChI=1S/C36H42O10/c1-25(2)33(39)43-21-7-5-11-31(37)27-13-17-29(18-14-27)35(41)45-23-9-10-24-46-36(42)30-19-15-28(16-20-30)32(38)12-6-8-22-44-34(40)26(3)4/h13-20H,1,3,5-12,21-24H2,2,4H3. The zero-order chi connectivity index (χ0) is 33.9. The van der Waals surface area contributed by atoms with E-state index in [0.29, 0.717) is 84.8 Å². The molecule has 0 heterocycles. The predicted octanol–water partition coefficient (Wildman–Crippen LogP) is 6.43. The van der Waals surface area contributed by atoms with E-state index in [1.54, 1.807) is 38.1 Å². The molecule has 0 radical (unpaired) electrons. The van der Waals surface area contributed by atoms with Gasteiger partial charge >= 0.3 is 23.9 Å². The summed E-state index contributed by atoms with van der Waals surface area (Å²) in [5.74, 6) is -2.07. The van der Waals surface area contributed by atoms with Gasteiger partial charge in [0.05, 0.1) is 37.6 Å². The van der Waals surface area contributed by atoms with E-state index in [1.807, 2.05) is 0 Å². The molecule has 0 fully saturated rings. The van der Waals surface area contributed by atoms with Crippen LogP contribution in [0.15, 0.2) is 72.8 Å². The first-order chi connectivity index (χ1) is 22.0. The lowest BCUT2D eigenvalue weighted by Crippen LogP contribution is -2.10. The molecule has 0 unspecified atom stereocenters. The van der Waals surface area contributed by atoms with E-state index in [4.69, 9.17) is 18.9 Å². The summed E-state index contributed by atoms with van der Waals surface area (Å²) in [7, 11) is 0. The zero-order valence-corrected chi connectivity index (χ0v) is 26.6. The average molecular weight is 635 g/mol. The lowest BCUT2D eigenvalue weighted by Gasteiger charge is -2.08. The van der Waals surface area contributed by atoms with Crippen LogP contribution in [0.25, 0.3) is 0 Å². The van der Waals surface area contributed by atoms with E-state index < -0.39 is 23.9 Å². The lowest BCUT2D eigenvalue weighted by molar-refractivity contribution is -0.139. The Morgan fingerprint density at radius 3 is 1.07 bits per heavy atom. The maximum Gasteiger partial charge on any atom is 0.338 e. The summed E-state index contributed by atoms with van der Waals surface area (Å²) in [5, 5.41) is 0. The van der Waals surface area contributed by atoms with Gasteiger partial charge in [-0.3, -0.25) is 9.59 Å². The van der Waals surface area contributed by atoms with Crippen molar-refractivity contribution in [3.8, 4) is 0 Å². The number of ether oxygens (including phenoxy) is 4. The summed E-state index contributed by atoms with van der Waals surface area (Å²) in [4.78, 5) is 72.1.